The maximum absolute atomic E-state index is 8.93. The minimum absolute atomic E-state index is 0.290. The van der Waals surface area contributed by atoms with Gasteiger partial charge in [0.25, 0.3) is 0 Å². The van der Waals surface area contributed by atoms with E-state index in [0.29, 0.717) is 17.9 Å². The number of aliphatic hydroxyl groups excluding tert-OH is 1. The van der Waals surface area contributed by atoms with Gasteiger partial charge in [-0.05, 0) is 49.3 Å². The van der Waals surface area contributed by atoms with Crippen LogP contribution in [0, 0.1) is 5.92 Å². The number of nitrogens with zero attached hydrogens (tertiary/aromatic N) is 1. The Hall–Kier alpha value is -1.13. The quantitative estimate of drug-likeness (QED) is 0.797. The number of aliphatic hydroxyl groups is 1. The lowest BCUT2D eigenvalue weighted by Gasteiger charge is -2.27. The number of rotatable bonds is 6. The van der Waals surface area contributed by atoms with Gasteiger partial charge in [-0.15, -0.1) is 0 Å². The van der Waals surface area contributed by atoms with Crippen molar-refractivity contribution in [3.63, 3.8) is 0 Å². The summed E-state index contributed by atoms with van der Waals surface area (Å²) in [5, 5.41) is 12.2. The molecule has 1 saturated carbocycles. The van der Waals surface area contributed by atoms with Crippen LogP contribution in [0.4, 0.5) is 0 Å². The summed E-state index contributed by atoms with van der Waals surface area (Å²) in [5.74, 6) is 2.09. The average molecular weight is 248 g/mol. The summed E-state index contributed by atoms with van der Waals surface area (Å²) in [4.78, 5) is 4.25. The van der Waals surface area contributed by atoms with E-state index < -0.39 is 0 Å². The zero-order valence-electron chi connectivity index (χ0n) is 10.5. The third kappa shape index (κ3) is 2.65. The number of aromatic nitrogens is 1. The molecule has 0 unspecified atom stereocenters. The van der Waals surface area contributed by atoms with E-state index in [1.54, 1.807) is 6.20 Å². The van der Waals surface area contributed by atoms with E-state index in [9.17, 15) is 0 Å². The largest absolute Gasteiger partial charge is 0.490 e. The summed E-state index contributed by atoms with van der Waals surface area (Å²) < 4.78 is 5.75. The van der Waals surface area contributed by atoms with Crippen molar-refractivity contribution < 1.29 is 9.84 Å². The second-order valence-corrected chi connectivity index (χ2v) is 5.32. The van der Waals surface area contributed by atoms with Crippen molar-refractivity contribution in [2.45, 2.75) is 31.2 Å². The molecule has 1 saturated heterocycles. The molecule has 3 rings (SSSR count). The van der Waals surface area contributed by atoms with E-state index in [4.69, 9.17) is 9.84 Å². The van der Waals surface area contributed by atoms with Crippen molar-refractivity contribution in [2.75, 3.05) is 19.8 Å². The minimum Gasteiger partial charge on any atom is -0.490 e. The molecular weight excluding hydrogens is 228 g/mol. The topological polar surface area (TPSA) is 54.4 Å². The summed E-state index contributed by atoms with van der Waals surface area (Å²) >= 11 is 0. The van der Waals surface area contributed by atoms with Gasteiger partial charge < -0.3 is 15.2 Å². The Morgan fingerprint density at radius 1 is 1.44 bits per heavy atom. The van der Waals surface area contributed by atoms with E-state index in [-0.39, 0.29) is 6.61 Å². The van der Waals surface area contributed by atoms with Crippen molar-refractivity contribution in [1.82, 2.24) is 10.3 Å². The third-order valence-electron chi connectivity index (χ3n) is 3.96. The molecule has 2 fully saturated rings. The molecule has 2 N–H and O–H groups in total. The van der Waals surface area contributed by atoms with Gasteiger partial charge in [-0.3, -0.25) is 4.98 Å². The molecule has 0 aromatic carbocycles. The second-order valence-electron chi connectivity index (χ2n) is 5.32. The molecule has 4 nitrogen and oxygen atoms in total. The molecule has 0 amide bonds. The van der Waals surface area contributed by atoms with Crippen LogP contribution >= 0.6 is 0 Å². The Labute approximate surface area is 107 Å². The fourth-order valence-electron chi connectivity index (χ4n) is 2.55. The predicted octanol–water partition coefficient (Wildman–Crippen LogP) is 1.31. The summed E-state index contributed by atoms with van der Waals surface area (Å²) in [6.07, 6.45) is 6.99. The summed E-state index contributed by atoms with van der Waals surface area (Å²) in [7, 11) is 0. The molecule has 1 aliphatic carbocycles. The zero-order chi connectivity index (χ0) is 12.4. The normalized spacial score (nSPS) is 29.7. The standard InChI is InChI=1S/C14H20N2O2/c17-4-2-10-6-14(10)11-5-13(8-15-7-11)18-9-12-1-3-16-12/h5,7-8,10,12,14,16-17H,1-4,6,9H2/t10-,12-,14+/m0/s1. The highest BCUT2D eigenvalue weighted by molar-refractivity contribution is 5.30. The third-order valence-corrected chi connectivity index (χ3v) is 3.96. The van der Waals surface area contributed by atoms with E-state index in [2.05, 4.69) is 16.4 Å². The Morgan fingerprint density at radius 3 is 3.06 bits per heavy atom. The van der Waals surface area contributed by atoms with Crippen molar-refractivity contribution in [3.05, 3.63) is 24.0 Å². The molecule has 1 aromatic heterocycles. The lowest BCUT2D eigenvalue weighted by atomic mass is 10.1. The van der Waals surface area contributed by atoms with Crippen LogP contribution in [0.15, 0.2) is 18.5 Å². The molecule has 18 heavy (non-hydrogen) atoms. The van der Waals surface area contributed by atoms with E-state index in [1.165, 1.54) is 18.4 Å². The van der Waals surface area contributed by atoms with Gasteiger partial charge in [0.15, 0.2) is 0 Å². The molecule has 4 heteroatoms. The molecule has 0 radical (unpaired) electrons. The van der Waals surface area contributed by atoms with Crippen LogP contribution in [-0.2, 0) is 0 Å². The first-order valence-electron chi connectivity index (χ1n) is 6.79. The molecule has 98 valence electrons. The van der Waals surface area contributed by atoms with E-state index in [0.717, 1.165) is 25.3 Å². The van der Waals surface area contributed by atoms with Crippen LogP contribution in [0.2, 0.25) is 0 Å². The fourth-order valence-corrected chi connectivity index (χ4v) is 2.55. The van der Waals surface area contributed by atoms with Crippen LogP contribution in [0.1, 0.15) is 30.7 Å². The fraction of sp³-hybridized carbons (Fsp3) is 0.643. The molecule has 1 aliphatic heterocycles. The number of nitrogens with one attached hydrogen (secondary N) is 1. The monoisotopic (exact) mass is 248 g/mol. The van der Waals surface area contributed by atoms with Crippen molar-refractivity contribution in [3.8, 4) is 5.75 Å². The Kier molecular flexibility index (Phi) is 3.48. The highest BCUT2D eigenvalue weighted by Gasteiger charge is 2.37. The van der Waals surface area contributed by atoms with Gasteiger partial charge in [-0.2, -0.15) is 0 Å². The van der Waals surface area contributed by atoms with Crippen LogP contribution in [0.3, 0.4) is 0 Å². The van der Waals surface area contributed by atoms with Gasteiger partial charge in [0.1, 0.15) is 12.4 Å². The van der Waals surface area contributed by atoms with Crippen LogP contribution in [-0.4, -0.2) is 35.9 Å². The SMILES string of the molecule is OCC[C@H]1C[C@H]1c1cncc(OC[C@@H]2CCN2)c1. The van der Waals surface area contributed by atoms with Gasteiger partial charge in [0, 0.05) is 18.8 Å². The van der Waals surface area contributed by atoms with Gasteiger partial charge in [0.05, 0.1) is 6.20 Å². The molecule has 0 bridgehead atoms. The zero-order valence-corrected chi connectivity index (χ0v) is 10.5. The summed E-state index contributed by atoms with van der Waals surface area (Å²) in [6.45, 7) is 2.13. The average Bonchev–Trinajstić information content (AvgIpc) is 3.07. The van der Waals surface area contributed by atoms with Gasteiger partial charge in [0.2, 0.25) is 0 Å². The van der Waals surface area contributed by atoms with Crippen molar-refractivity contribution >= 4 is 0 Å². The smallest absolute Gasteiger partial charge is 0.137 e. The summed E-state index contributed by atoms with van der Waals surface area (Å²) in [6, 6.07) is 2.62. The highest BCUT2D eigenvalue weighted by Crippen LogP contribution is 2.49. The van der Waals surface area contributed by atoms with Crippen LogP contribution in [0.5, 0.6) is 5.75 Å². The number of pyridine rings is 1. The molecule has 0 spiro atoms. The lowest BCUT2D eigenvalue weighted by Crippen LogP contribution is -2.46. The molecule has 2 heterocycles. The predicted molar refractivity (Wildman–Crippen MR) is 68.7 cm³/mol. The first-order chi connectivity index (χ1) is 8.86. The Morgan fingerprint density at radius 2 is 2.33 bits per heavy atom. The van der Waals surface area contributed by atoms with Crippen molar-refractivity contribution in [2.24, 2.45) is 5.92 Å². The molecule has 3 atom stereocenters. The Bertz CT molecular complexity index is 407. The number of hydrogen-bond acceptors (Lipinski definition) is 4. The highest BCUT2D eigenvalue weighted by atomic mass is 16.5. The van der Waals surface area contributed by atoms with Crippen molar-refractivity contribution in [1.29, 1.82) is 0 Å². The Balaban J connectivity index is 1.55. The first-order valence-corrected chi connectivity index (χ1v) is 6.79. The van der Waals surface area contributed by atoms with Crippen LogP contribution in [0.25, 0.3) is 0 Å². The van der Waals surface area contributed by atoms with Gasteiger partial charge in [-0.1, -0.05) is 0 Å². The maximum atomic E-state index is 8.93. The number of hydrogen-bond donors (Lipinski definition) is 2. The second kappa shape index (κ2) is 5.24. The van der Waals surface area contributed by atoms with E-state index >= 15 is 0 Å². The maximum Gasteiger partial charge on any atom is 0.137 e. The number of ether oxygens (including phenoxy) is 1. The van der Waals surface area contributed by atoms with Crippen LogP contribution < -0.4 is 10.1 Å². The van der Waals surface area contributed by atoms with Gasteiger partial charge >= 0.3 is 0 Å². The van der Waals surface area contributed by atoms with E-state index in [1.807, 2.05) is 6.20 Å². The molecule has 2 aliphatic rings. The summed E-state index contributed by atoms with van der Waals surface area (Å²) in [5.41, 5.74) is 1.26. The first kappa shape index (κ1) is 11.9. The molecule has 1 aromatic rings. The molecular formula is C14H20N2O2. The van der Waals surface area contributed by atoms with Gasteiger partial charge in [-0.25, -0.2) is 0 Å². The minimum atomic E-state index is 0.290. The lowest BCUT2D eigenvalue weighted by molar-refractivity contribution is 0.216.